The fourth-order valence-corrected chi connectivity index (χ4v) is 5.77. The molecule has 1 aliphatic heterocycles. The summed E-state index contributed by atoms with van der Waals surface area (Å²) in [7, 11) is 1.63. The Morgan fingerprint density at radius 3 is 2.56 bits per heavy atom. The van der Waals surface area contributed by atoms with E-state index in [4.69, 9.17) is 18.9 Å². The van der Waals surface area contributed by atoms with Gasteiger partial charge >= 0.3 is 5.97 Å². The van der Waals surface area contributed by atoms with Gasteiger partial charge in [-0.15, -0.1) is 0 Å². The highest BCUT2D eigenvalue weighted by Crippen LogP contribution is 2.43. The van der Waals surface area contributed by atoms with Crippen LogP contribution in [-0.2, 0) is 37.1 Å². The minimum Gasteiger partial charge on any atom is -0.497 e. The summed E-state index contributed by atoms with van der Waals surface area (Å²) in [6.45, 7) is 2.91. The van der Waals surface area contributed by atoms with E-state index in [0.29, 0.717) is 64.0 Å². The van der Waals surface area contributed by atoms with Gasteiger partial charge in [-0.05, 0) is 80.1 Å². The van der Waals surface area contributed by atoms with Crippen LogP contribution in [-0.4, -0.2) is 40.3 Å². The third-order valence-electron chi connectivity index (χ3n) is 7.87. The maximum atomic E-state index is 13.6. The van der Waals surface area contributed by atoms with Crippen LogP contribution in [0.15, 0.2) is 71.3 Å². The second-order valence-electron chi connectivity index (χ2n) is 10.5. The van der Waals surface area contributed by atoms with Crippen LogP contribution in [0.2, 0.25) is 0 Å². The molecule has 5 aromatic rings. The van der Waals surface area contributed by atoms with Crippen LogP contribution in [0.1, 0.15) is 56.8 Å². The third kappa shape index (κ3) is 5.46. The monoisotopic (exact) mass is 579 g/mol. The van der Waals surface area contributed by atoms with Crippen molar-refractivity contribution >= 4 is 22.8 Å². The molecule has 9 heteroatoms. The number of ether oxygens (including phenoxy) is 2. The molecule has 6 rings (SSSR count). The highest BCUT2D eigenvalue weighted by molar-refractivity contribution is 6.11. The molecule has 2 aromatic carbocycles. The zero-order valence-electron chi connectivity index (χ0n) is 24.2. The van der Waals surface area contributed by atoms with Crippen molar-refractivity contribution in [2.45, 2.75) is 45.7 Å². The number of carbonyl (C=O) groups excluding carboxylic acids is 2. The van der Waals surface area contributed by atoms with Gasteiger partial charge in [-0.1, -0.05) is 24.3 Å². The average molecular weight is 580 g/mol. The van der Waals surface area contributed by atoms with Gasteiger partial charge in [0.05, 0.1) is 48.7 Å². The number of furan rings is 1. The van der Waals surface area contributed by atoms with Crippen LogP contribution < -0.4 is 10.1 Å². The molecule has 0 saturated heterocycles. The van der Waals surface area contributed by atoms with Crippen molar-refractivity contribution in [2.75, 3.05) is 13.7 Å². The average Bonchev–Trinajstić information content (AvgIpc) is 3.79. The Morgan fingerprint density at radius 1 is 1.07 bits per heavy atom. The summed E-state index contributed by atoms with van der Waals surface area (Å²) in [6.07, 6.45) is 4.39. The minimum atomic E-state index is -0.498. The van der Waals surface area contributed by atoms with E-state index < -0.39 is 5.97 Å². The number of hydrogen-bond acceptors (Lipinski definition) is 7. The number of aryl methyl sites for hydroxylation is 3. The Bertz CT molecular complexity index is 1770. The van der Waals surface area contributed by atoms with Gasteiger partial charge < -0.3 is 28.9 Å². The number of nitrogens with one attached hydrogen (secondary N) is 1. The van der Waals surface area contributed by atoms with Gasteiger partial charge in [0.15, 0.2) is 0 Å². The zero-order valence-corrected chi connectivity index (χ0v) is 24.2. The van der Waals surface area contributed by atoms with Crippen LogP contribution in [0.3, 0.4) is 0 Å². The summed E-state index contributed by atoms with van der Waals surface area (Å²) >= 11 is 0. The van der Waals surface area contributed by atoms with Crippen molar-refractivity contribution in [3.05, 3.63) is 101 Å². The maximum absolute atomic E-state index is 13.6. The summed E-state index contributed by atoms with van der Waals surface area (Å²) in [5.74, 6) is 0.776. The molecule has 2 N–H and O–H groups in total. The van der Waals surface area contributed by atoms with Crippen LogP contribution in [0.4, 0.5) is 0 Å². The van der Waals surface area contributed by atoms with Crippen molar-refractivity contribution in [3.8, 4) is 22.8 Å². The molecule has 220 valence electrons. The number of nitrogens with zero attached hydrogens (tertiary/aromatic N) is 2. The molecule has 0 bridgehead atoms. The Kier molecular flexibility index (Phi) is 7.87. The first-order chi connectivity index (χ1) is 21.0. The number of methoxy groups -OCH3 is 1. The first-order valence-electron chi connectivity index (χ1n) is 14.5. The molecule has 0 fully saturated rings. The number of rotatable bonds is 10. The summed E-state index contributed by atoms with van der Waals surface area (Å²) < 4.78 is 18.0. The van der Waals surface area contributed by atoms with Crippen LogP contribution in [0.25, 0.3) is 22.0 Å². The van der Waals surface area contributed by atoms with Crippen molar-refractivity contribution in [1.29, 1.82) is 0 Å². The number of carbonyl (C=O) groups is 2. The zero-order chi connectivity index (χ0) is 29.9. The van der Waals surface area contributed by atoms with Crippen LogP contribution in [0.5, 0.6) is 11.6 Å². The second-order valence-corrected chi connectivity index (χ2v) is 10.5. The highest BCUT2D eigenvalue weighted by atomic mass is 16.5. The van der Waals surface area contributed by atoms with Gasteiger partial charge in [0, 0.05) is 23.4 Å². The van der Waals surface area contributed by atoms with E-state index in [2.05, 4.69) is 5.32 Å². The summed E-state index contributed by atoms with van der Waals surface area (Å²) in [5.41, 5.74) is 5.38. The smallest absolute Gasteiger partial charge is 0.340 e. The second kappa shape index (κ2) is 12.1. The van der Waals surface area contributed by atoms with E-state index in [9.17, 15) is 14.7 Å². The molecule has 0 atom stereocenters. The lowest BCUT2D eigenvalue weighted by Crippen LogP contribution is -2.22. The van der Waals surface area contributed by atoms with Crippen molar-refractivity contribution < 1.29 is 28.6 Å². The first-order valence-corrected chi connectivity index (χ1v) is 14.5. The fraction of sp³-hybridized carbons (Fsp3) is 0.265. The maximum Gasteiger partial charge on any atom is 0.340 e. The molecule has 0 spiro atoms. The number of benzene rings is 2. The molecular formula is C34H33N3O6. The van der Waals surface area contributed by atoms with E-state index in [1.54, 1.807) is 56.7 Å². The SMILES string of the molecule is CCOC(=O)c1c(CCc2ccc(OC)cc2)nc2c3n(c(O)c2c1-c1ccc(C(=O)NCc2ccco2)cc1)CCC3. The van der Waals surface area contributed by atoms with Crippen molar-refractivity contribution in [2.24, 2.45) is 0 Å². The van der Waals surface area contributed by atoms with Gasteiger partial charge in [0.2, 0.25) is 5.88 Å². The van der Waals surface area contributed by atoms with Crippen molar-refractivity contribution in [1.82, 2.24) is 14.9 Å². The van der Waals surface area contributed by atoms with E-state index in [1.807, 2.05) is 28.8 Å². The Balaban J connectivity index is 1.43. The quantitative estimate of drug-likeness (QED) is 0.200. The topological polar surface area (TPSA) is 116 Å². The third-order valence-corrected chi connectivity index (χ3v) is 7.87. The van der Waals surface area contributed by atoms with Gasteiger partial charge in [-0.3, -0.25) is 4.79 Å². The molecule has 0 unspecified atom stereocenters. The predicted octanol–water partition coefficient (Wildman–Crippen LogP) is 5.85. The molecule has 3 aromatic heterocycles. The Morgan fingerprint density at radius 2 is 1.86 bits per heavy atom. The van der Waals surface area contributed by atoms with Gasteiger partial charge in [0.1, 0.15) is 11.5 Å². The molecule has 1 aliphatic rings. The molecule has 0 saturated carbocycles. The van der Waals surface area contributed by atoms with Crippen molar-refractivity contribution in [3.63, 3.8) is 0 Å². The van der Waals surface area contributed by atoms with Crippen LogP contribution in [0, 0.1) is 0 Å². The molecule has 0 radical (unpaired) electrons. The molecule has 4 heterocycles. The van der Waals surface area contributed by atoms with Gasteiger partial charge in [-0.25, -0.2) is 9.78 Å². The molecule has 1 amide bonds. The van der Waals surface area contributed by atoms with E-state index in [-0.39, 0.29) is 24.9 Å². The summed E-state index contributed by atoms with van der Waals surface area (Å²) in [6, 6.07) is 18.4. The molecule has 9 nitrogen and oxygen atoms in total. The van der Waals surface area contributed by atoms with E-state index in [1.165, 1.54) is 0 Å². The number of amides is 1. The van der Waals surface area contributed by atoms with Gasteiger partial charge in [0.25, 0.3) is 5.91 Å². The number of pyridine rings is 1. The molecule has 43 heavy (non-hydrogen) atoms. The minimum absolute atomic E-state index is 0.0949. The number of aromatic nitrogens is 2. The summed E-state index contributed by atoms with van der Waals surface area (Å²) in [4.78, 5) is 31.5. The Hall–Kier alpha value is -5.05. The predicted molar refractivity (Wildman–Crippen MR) is 161 cm³/mol. The van der Waals surface area contributed by atoms with Gasteiger partial charge in [-0.2, -0.15) is 0 Å². The number of fused-ring (bicyclic) bond motifs is 3. The normalized spacial score (nSPS) is 12.3. The van der Waals surface area contributed by atoms with E-state index >= 15 is 0 Å². The summed E-state index contributed by atoms with van der Waals surface area (Å²) in [5, 5.41) is 14.8. The number of aromatic hydroxyl groups is 1. The van der Waals surface area contributed by atoms with E-state index in [0.717, 1.165) is 29.8 Å². The fourth-order valence-electron chi connectivity index (χ4n) is 5.77. The highest BCUT2D eigenvalue weighted by Gasteiger charge is 2.31. The molecular weight excluding hydrogens is 546 g/mol. The largest absolute Gasteiger partial charge is 0.497 e. The lowest BCUT2D eigenvalue weighted by molar-refractivity contribution is 0.0525. The first kappa shape index (κ1) is 28.1. The standard InChI is InChI=1S/C34H33N3O6/c1-3-42-34(40)29-26(17-10-21-8-15-24(41-2)16-9-21)36-31-27-7-4-18-37(27)33(39)30(31)28(29)22-11-13-23(14-12-22)32(38)35-20-25-6-5-19-43-25/h5-6,8-9,11-16,19,39H,3-4,7,10,17-18,20H2,1-2H3,(H,35,38). The van der Waals surface area contributed by atoms with Crippen LogP contribution >= 0.6 is 0 Å². The Labute approximate surface area is 249 Å². The number of esters is 1. The lowest BCUT2D eigenvalue weighted by atomic mass is 9.92. The number of hydrogen-bond donors (Lipinski definition) is 2. The molecule has 0 aliphatic carbocycles. The lowest BCUT2D eigenvalue weighted by Gasteiger charge is -2.16.